The molecule has 1 aromatic rings. The van der Waals surface area contributed by atoms with Gasteiger partial charge in [-0.1, -0.05) is 33.0 Å². The van der Waals surface area contributed by atoms with Crippen molar-refractivity contribution in [3.05, 3.63) is 18.1 Å². The first-order valence-electron chi connectivity index (χ1n) is 7.25. The first-order chi connectivity index (χ1) is 9.39. The van der Waals surface area contributed by atoms with Crippen molar-refractivity contribution in [1.82, 2.24) is 9.97 Å². The first kappa shape index (κ1) is 15.2. The van der Waals surface area contributed by atoms with Crippen LogP contribution in [0.15, 0.2) is 12.4 Å². The fraction of sp³-hybridized carbons (Fsp3) is 0.667. The van der Waals surface area contributed by atoms with Crippen LogP contribution in [-0.4, -0.2) is 28.0 Å². The lowest BCUT2D eigenvalue weighted by Gasteiger charge is -2.30. The largest absolute Gasteiger partial charge is 0.388 e. The predicted octanol–water partition coefficient (Wildman–Crippen LogP) is 2.76. The maximum atomic E-state index is 5.76. The second-order valence-corrected chi connectivity index (χ2v) is 7.01. The summed E-state index contributed by atoms with van der Waals surface area (Å²) in [6.07, 6.45) is 6.98. The normalized spacial score (nSPS) is 20.6. The maximum absolute atomic E-state index is 5.76. The number of thiocarbonyl (C=S) groups is 1. The summed E-state index contributed by atoms with van der Waals surface area (Å²) in [6, 6.07) is 0. The van der Waals surface area contributed by atoms with E-state index in [1.165, 1.54) is 19.3 Å². The molecule has 1 aromatic heterocycles. The van der Waals surface area contributed by atoms with Gasteiger partial charge in [0.05, 0.1) is 0 Å². The molecule has 0 aliphatic carbocycles. The van der Waals surface area contributed by atoms with Crippen LogP contribution in [0.25, 0.3) is 0 Å². The zero-order valence-corrected chi connectivity index (χ0v) is 13.4. The molecular formula is C15H24N4S. The van der Waals surface area contributed by atoms with Crippen molar-refractivity contribution in [3.63, 3.8) is 0 Å². The number of aromatic nitrogens is 2. The molecule has 0 radical (unpaired) electrons. The highest BCUT2D eigenvalue weighted by atomic mass is 32.1. The van der Waals surface area contributed by atoms with E-state index < -0.39 is 0 Å². The van der Waals surface area contributed by atoms with Gasteiger partial charge in [0.2, 0.25) is 0 Å². The Morgan fingerprint density at radius 1 is 1.25 bits per heavy atom. The smallest absolute Gasteiger partial charge is 0.157 e. The zero-order valence-electron chi connectivity index (χ0n) is 12.6. The number of nitrogens with zero attached hydrogens (tertiary/aromatic N) is 3. The minimum atomic E-state index is 0.324. The molecule has 0 amide bonds. The van der Waals surface area contributed by atoms with Crippen molar-refractivity contribution in [2.75, 3.05) is 18.0 Å². The van der Waals surface area contributed by atoms with Crippen LogP contribution in [0, 0.1) is 11.3 Å². The molecule has 0 aromatic carbocycles. The summed E-state index contributed by atoms with van der Waals surface area (Å²) in [5.74, 6) is 1.59. The van der Waals surface area contributed by atoms with Crippen LogP contribution in [0.5, 0.6) is 0 Å². The highest BCUT2D eigenvalue weighted by molar-refractivity contribution is 7.80. The van der Waals surface area contributed by atoms with E-state index in [2.05, 4.69) is 35.6 Å². The Labute approximate surface area is 126 Å². The molecule has 1 fully saturated rings. The molecule has 5 heteroatoms. The molecule has 1 aliphatic heterocycles. The van der Waals surface area contributed by atoms with Crippen molar-refractivity contribution in [3.8, 4) is 0 Å². The van der Waals surface area contributed by atoms with Gasteiger partial charge in [-0.25, -0.2) is 9.97 Å². The molecule has 4 nitrogen and oxygen atoms in total. The van der Waals surface area contributed by atoms with Gasteiger partial charge < -0.3 is 10.6 Å². The lowest BCUT2D eigenvalue weighted by molar-refractivity contribution is 0.220. The van der Waals surface area contributed by atoms with Crippen LogP contribution in [-0.2, 0) is 0 Å². The predicted molar refractivity (Wildman–Crippen MR) is 86.9 cm³/mol. The highest BCUT2D eigenvalue weighted by Crippen LogP contribution is 2.35. The summed E-state index contributed by atoms with van der Waals surface area (Å²) in [6.45, 7) is 8.99. The molecule has 1 unspecified atom stereocenters. The Hall–Kier alpha value is -1.23. The summed E-state index contributed by atoms with van der Waals surface area (Å²) in [5, 5.41) is 0. The van der Waals surface area contributed by atoms with Crippen LogP contribution in [0.3, 0.4) is 0 Å². The fourth-order valence-electron chi connectivity index (χ4n) is 2.91. The quantitative estimate of drug-likeness (QED) is 0.849. The minimum Gasteiger partial charge on any atom is -0.388 e. The number of anilines is 1. The van der Waals surface area contributed by atoms with Gasteiger partial charge in [-0.15, -0.1) is 0 Å². The van der Waals surface area contributed by atoms with E-state index in [-0.39, 0.29) is 0 Å². The van der Waals surface area contributed by atoms with Crippen molar-refractivity contribution < 1.29 is 0 Å². The Kier molecular flexibility index (Phi) is 4.58. The van der Waals surface area contributed by atoms with E-state index >= 15 is 0 Å². The monoisotopic (exact) mass is 292 g/mol. The molecule has 110 valence electrons. The number of hydrogen-bond acceptors (Lipinski definition) is 4. The average molecular weight is 292 g/mol. The topological polar surface area (TPSA) is 55.0 Å². The van der Waals surface area contributed by atoms with Gasteiger partial charge in [-0.05, 0) is 30.6 Å². The second-order valence-electron chi connectivity index (χ2n) is 6.57. The first-order valence-corrected chi connectivity index (χ1v) is 7.66. The Morgan fingerprint density at radius 2 is 1.95 bits per heavy atom. The summed E-state index contributed by atoms with van der Waals surface area (Å²) < 4.78 is 0. The molecular weight excluding hydrogens is 268 g/mol. The van der Waals surface area contributed by atoms with Crippen molar-refractivity contribution in [2.24, 2.45) is 17.1 Å². The fourth-order valence-corrected chi connectivity index (χ4v) is 3.05. The third-order valence-corrected chi connectivity index (χ3v) is 4.36. The lowest BCUT2D eigenvalue weighted by Crippen LogP contribution is -2.29. The molecule has 2 heterocycles. The number of hydrogen-bond donors (Lipinski definition) is 1. The van der Waals surface area contributed by atoms with E-state index in [0.29, 0.717) is 16.1 Å². The second kappa shape index (κ2) is 6.04. The molecule has 20 heavy (non-hydrogen) atoms. The third kappa shape index (κ3) is 3.45. The molecule has 1 atom stereocenters. The van der Waals surface area contributed by atoms with E-state index in [1.807, 2.05) is 0 Å². The minimum absolute atomic E-state index is 0.324. The molecule has 0 saturated carbocycles. The third-order valence-electron chi connectivity index (χ3n) is 4.16. The van der Waals surface area contributed by atoms with Gasteiger partial charge in [0.1, 0.15) is 10.7 Å². The van der Waals surface area contributed by atoms with E-state index in [4.69, 9.17) is 18.0 Å². The summed E-state index contributed by atoms with van der Waals surface area (Å²) in [7, 11) is 0. The maximum Gasteiger partial charge on any atom is 0.157 e. The van der Waals surface area contributed by atoms with Gasteiger partial charge in [-0.2, -0.15) is 0 Å². The Bertz CT molecular complexity index is 481. The summed E-state index contributed by atoms with van der Waals surface area (Å²) in [5.41, 5.74) is 6.77. The lowest BCUT2D eigenvalue weighted by atomic mass is 9.77. The molecule has 2 N–H and O–H groups in total. The van der Waals surface area contributed by atoms with Gasteiger partial charge in [0.25, 0.3) is 0 Å². The molecule has 1 saturated heterocycles. The Morgan fingerprint density at radius 3 is 2.60 bits per heavy atom. The summed E-state index contributed by atoms with van der Waals surface area (Å²) >= 11 is 5.08. The van der Waals surface area contributed by atoms with Crippen LogP contribution >= 0.6 is 12.2 Å². The van der Waals surface area contributed by atoms with E-state index in [0.717, 1.165) is 24.8 Å². The SMILES string of the molecule is CC(C)(C)C1CCCN(c2nccnc2C(N)=S)CC1. The van der Waals surface area contributed by atoms with Gasteiger partial charge >= 0.3 is 0 Å². The van der Waals surface area contributed by atoms with Crippen molar-refractivity contribution >= 4 is 23.0 Å². The molecule has 0 bridgehead atoms. The van der Waals surface area contributed by atoms with E-state index in [9.17, 15) is 0 Å². The van der Waals surface area contributed by atoms with Gasteiger partial charge in [-0.3, -0.25) is 0 Å². The molecule has 1 aliphatic rings. The van der Waals surface area contributed by atoms with Crippen LogP contribution in [0.1, 0.15) is 45.7 Å². The van der Waals surface area contributed by atoms with Crippen molar-refractivity contribution in [1.29, 1.82) is 0 Å². The number of rotatable bonds is 2. The highest BCUT2D eigenvalue weighted by Gasteiger charge is 2.28. The molecule has 0 spiro atoms. The van der Waals surface area contributed by atoms with E-state index in [1.54, 1.807) is 12.4 Å². The standard InChI is InChI=1S/C15H24N4S/c1-15(2,3)11-5-4-9-19(10-6-11)14-12(13(16)20)17-7-8-18-14/h7-8,11H,4-6,9-10H2,1-3H3,(H2,16,20). The van der Waals surface area contributed by atoms with Gasteiger partial charge in [0, 0.05) is 25.5 Å². The zero-order chi connectivity index (χ0) is 14.8. The van der Waals surface area contributed by atoms with Crippen LogP contribution < -0.4 is 10.6 Å². The van der Waals surface area contributed by atoms with Crippen LogP contribution in [0.4, 0.5) is 5.82 Å². The average Bonchev–Trinajstić information content (AvgIpc) is 2.63. The van der Waals surface area contributed by atoms with Crippen molar-refractivity contribution in [2.45, 2.75) is 40.0 Å². The number of nitrogens with two attached hydrogens (primary N) is 1. The van der Waals surface area contributed by atoms with Gasteiger partial charge in [0.15, 0.2) is 5.82 Å². The van der Waals surface area contributed by atoms with Crippen LogP contribution in [0.2, 0.25) is 0 Å². The molecule has 2 rings (SSSR count). The Balaban J connectivity index is 2.17. The summed E-state index contributed by atoms with van der Waals surface area (Å²) in [4.78, 5) is 11.3.